The molecule has 0 aromatic heterocycles. The Balaban J connectivity index is 3.46. The molecule has 0 heterocycles. The van der Waals surface area contributed by atoms with Crippen LogP contribution in [0.5, 0.6) is 0 Å². The van der Waals surface area contributed by atoms with Crippen molar-refractivity contribution in [3.05, 3.63) is 12.2 Å². The van der Waals surface area contributed by atoms with Crippen molar-refractivity contribution in [3.8, 4) is 0 Å². The molecule has 3 N–H and O–H groups in total. The Morgan fingerprint density at radius 2 is 2.08 bits per heavy atom. The molecule has 0 saturated heterocycles. The largest absolute Gasteiger partial charge is 0.478 e. The van der Waals surface area contributed by atoms with Gasteiger partial charge in [0.2, 0.25) is 0 Å². The van der Waals surface area contributed by atoms with Crippen LogP contribution in [0.25, 0.3) is 0 Å². The van der Waals surface area contributed by atoms with Gasteiger partial charge in [-0.1, -0.05) is 6.08 Å². The summed E-state index contributed by atoms with van der Waals surface area (Å²) in [5.41, 5.74) is 0. The summed E-state index contributed by atoms with van der Waals surface area (Å²) in [5, 5.41) is 8.09. The van der Waals surface area contributed by atoms with Gasteiger partial charge in [0.25, 0.3) is 0 Å². The summed E-state index contributed by atoms with van der Waals surface area (Å²) in [6.45, 7) is -0.200. The number of aliphatic carboxylic acids is 1. The van der Waals surface area contributed by atoms with Crippen molar-refractivity contribution in [2.45, 2.75) is 6.42 Å². The van der Waals surface area contributed by atoms with E-state index in [0.717, 1.165) is 6.08 Å². The molecular weight excluding hydrogens is 187 g/mol. The zero-order chi connectivity index (χ0) is 9.61. The molecule has 0 atom stereocenters. The molecule has 0 unspecified atom stereocenters. The van der Waals surface area contributed by atoms with Crippen LogP contribution < -0.4 is 0 Å². The molecule has 6 nitrogen and oxygen atoms in total. The lowest BCUT2D eigenvalue weighted by Crippen LogP contribution is -1.91. The molecule has 0 amide bonds. The van der Waals surface area contributed by atoms with E-state index in [1.54, 1.807) is 0 Å². The normalized spacial score (nSPS) is 12.2. The van der Waals surface area contributed by atoms with Crippen LogP contribution in [0.1, 0.15) is 6.42 Å². The highest BCUT2D eigenvalue weighted by Crippen LogP contribution is 2.35. The van der Waals surface area contributed by atoms with Crippen molar-refractivity contribution in [3.63, 3.8) is 0 Å². The van der Waals surface area contributed by atoms with Gasteiger partial charge in [-0.25, -0.2) is 9.36 Å². The summed E-state index contributed by atoms with van der Waals surface area (Å²) in [4.78, 5) is 26.2. The van der Waals surface area contributed by atoms with Crippen LogP contribution in [0.4, 0.5) is 0 Å². The van der Waals surface area contributed by atoms with E-state index < -0.39 is 13.8 Å². The molecule has 0 spiro atoms. The Kier molecular flexibility index (Phi) is 4.77. The molecule has 0 aliphatic heterocycles. The standard InChI is InChI=1S/C5H9O6P/c6-5(7)3-1-2-4-11-12(8,9)10/h1,3H,2,4H2,(H,6,7)(H2,8,9,10). The molecule has 0 bridgehead atoms. The first-order valence-electron chi connectivity index (χ1n) is 3.01. The highest BCUT2D eigenvalue weighted by molar-refractivity contribution is 7.46. The lowest BCUT2D eigenvalue weighted by Gasteiger charge is -2.01. The quantitative estimate of drug-likeness (QED) is 0.328. The minimum atomic E-state index is -4.41. The van der Waals surface area contributed by atoms with Gasteiger partial charge in [0.15, 0.2) is 0 Å². The van der Waals surface area contributed by atoms with Crippen molar-refractivity contribution < 1.29 is 28.8 Å². The van der Waals surface area contributed by atoms with E-state index in [0.29, 0.717) is 0 Å². The van der Waals surface area contributed by atoms with Gasteiger partial charge in [0.05, 0.1) is 6.61 Å². The molecule has 0 aliphatic carbocycles. The van der Waals surface area contributed by atoms with Crippen LogP contribution in [0.15, 0.2) is 12.2 Å². The summed E-state index contributed by atoms with van der Waals surface area (Å²) in [5.74, 6) is -1.11. The Morgan fingerprint density at radius 3 is 2.50 bits per heavy atom. The molecule has 70 valence electrons. The van der Waals surface area contributed by atoms with E-state index in [-0.39, 0.29) is 13.0 Å². The molecule has 0 saturated carbocycles. The maximum atomic E-state index is 10.1. The van der Waals surface area contributed by atoms with E-state index in [2.05, 4.69) is 4.52 Å². The van der Waals surface area contributed by atoms with Crippen molar-refractivity contribution in [2.24, 2.45) is 0 Å². The van der Waals surface area contributed by atoms with Gasteiger partial charge >= 0.3 is 13.8 Å². The van der Waals surface area contributed by atoms with Gasteiger partial charge in [-0.3, -0.25) is 4.52 Å². The van der Waals surface area contributed by atoms with Crippen LogP contribution in [-0.4, -0.2) is 27.5 Å². The number of phosphoric ester groups is 1. The predicted octanol–water partition coefficient (Wildman–Crippen LogP) is 0.127. The van der Waals surface area contributed by atoms with E-state index in [4.69, 9.17) is 14.9 Å². The molecule has 0 aliphatic rings. The van der Waals surface area contributed by atoms with Gasteiger partial charge < -0.3 is 14.9 Å². The van der Waals surface area contributed by atoms with E-state index in [1.807, 2.05) is 0 Å². The summed E-state index contributed by atoms with van der Waals surface area (Å²) >= 11 is 0. The average Bonchev–Trinajstić information content (AvgIpc) is 1.83. The third kappa shape index (κ3) is 9.32. The first-order chi connectivity index (χ1) is 5.42. The Bertz CT molecular complexity index is 216. The number of carboxylic acid groups (broad SMARTS) is 1. The second-order valence-corrected chi connectivity index (χ2v) is 3.09. The zero-order valence-electron chi connectivity index (χ0n) is 6.08. The van der Waals surface area contributed by atoms with Gasteiger partial charge in [0, 0.05) is 6.08 Å². The first-order valence-corrected chi connectivity index (χ1v) is 4.54. The van der Waals surface area contributed by atoms with Crippen molar-refractivity contribution in [2.75, 3.05) is 6.61 Å². The SMILES string of the molecule is O=C(O)C=CCCOP(=O)(O)O. The van der Waals surface area contributed by atoms with Gasteiger partial charge in [-0.15, -0.1) is 0 Å². The Hall–Kier alpha value is -0.680. The van der Waals surface area contributed by atoms with Crippen LogP contribution >= 0.6 is 7.82 Å². The molecule has 0 fully saturated rings. The lowest BCUT2D eigenvalue weighted by atomic mass is 10.4. The smallest absolute Gasteiger partial charge is 0.469 e. The van der Waals surface area contributed by atoms with Gasteiger partial charge in [0.1, 0.15) is 0 Å². The molecule has 0 aromatic rings. The number of carboxylic acids is 1. The molecular formula is C5H9O6P. The van der Waals surface area contributed by atoms with Crippen LogP contribution in [-0.2, 0) is 13.9 Å². The predicted molar refractivity (Wildman–Crippen MR) is 39.4 cm³/mol. The number of hydrogen-bond acceptors (Lipinski definition) is 3. The fourth-order valence-electron chi connectivity index (χ4n) is 0.424. The second kappa shape index (κ2) is 5.05. The molecule has 12 heavy (non-hydrogen) atoms. The van der Waals surface area contributed by atoms with Crippen LogP contribution in [0.2, 0.25) is 0 Å². The number of phosphoric acid groups is 1. The minimum absolute atomic E-state index is 0.150. The zero-order valence-corrected chi connectivity index (χ0v) is 6.98. The van der Waals surface area contributed by atoms with E-state index in [9.17, 15) is 9.36 Å². The van der Waals surface area contributed by atoms with Gasteiger partial charge in [-0.2, -0.15) is 0 Å². The van der Waals surface area contributed by atoms with Crippen molar-refractivity contribution >= 4 is 13.8 Å². The molecule has 7 heteroatoms. The second-order valence-electron chi connectivity index (χ2n) is 1.85. The summed E-state index contributed by atoms with van der Waals surface area (Å²) in [6.07, 6.45) is 2.28. The maximum absolute atomic E-state index is 10.1. The van der Waals surface area contributed by atoms with Crippen molar-refractivity contribution in [1.82, 2.24) is 0 Å². The highest BCUT2D eigenvalue weighted by Gasteiger charge is 2.11. The van der Waals surface area contributed by atoms with Crippen LogP contribution in [0.3, 0.4) is 0 Å². The third-order valence-corrected chi connectivity index (χ3v) is 1.32. The van der Waals surface area contributed by atoms with Crippen LogP contribution in [0, 0.1) is 0 Å². The summed E-state index contributed by atoms with van der Waals surface area (Å²) < 4.78 is 14.1. The first kappa shape index (κ1) is 11.3. The number of rotatable bonds is 5. The van der Waals surface area contributed by atoms with Gasteiger partial charge in [-0.05, 0) is 6.42 Å². The molecule has 0 aromatic carbocycles. The summed E-state index contributed by atoms with van der Waals surface area (Å²) in [7, 11) is -4.41. The molecule has 0 radical (unpaired) electrons. The van der Waals surface area contributed by atoms with E-state index >= 15 is 0 Å². The van der Waals surface area contributed by atoms with E-state index in [1.165, 1.54) is 6.08 Å². The third-order valence-electron chi connectivity index (χ3n) is 0.804. The number of hydrogen-bond donors (Lipinski definition) is 3. The lowest BCUT2D eigenvalue weighted by molar-refractivity contribution is -0.131. The monoisotopic (exact) mass is 196 g/mol. The number of carbonyl (C=O) groups is 1. The fraction of sp³-hybridized carbons (Fsp3) is 0.400. The summed E-state index contributed by atoms with van der Waals surface area (Å²) in [6, 6.07) is 0. The maximum Gasteiger partial charge on any atom is 0.469 e. The topological polar surface area (TPSA) is 104 Å². The Labute approximate surface area is 68.7 Å². The molecule has 0 rings (SSSR count). The minimum Gasteiger partial charge on any atom is -0.478 e. The fourth-order valence-corrected chi connectivity index (χ4v) is 0.767. The Morgan fingerprint density at radius 1 is 1.50 bits per heavy atom. The van der Waals surface area contributed by atoms with Crippen molar-refractivity contribution in [1.29, 1.82) is 0 Å². The average molecular weight is 196 g/mol. The highest BCUT2D eigenvalue weighted by atomic mass is 31.2.